The van der Waals surface area contributed by atoms with Crippen LogP contribution in [0.5, 0.6) is 0 Å². The summed E-state index contributed by atoms with van der Waals surface area (Å²) in [5.41, 5.74) is 10.7. The quantitative estimate of drug-likeness (QED) is 0.352. The lowest BCUT2D eigenvalue weighted by atomic mass is 10.0. The Morgan fingerprint density at radius 2 is 1.89 bits per heavy atom. The van der Waals surface area contributed by atoms with E-state index < -0.39 is 11.6 Å². The predicted molar refractivity (Wildman–Crippen MR) is 144 cm³/mol. The molecule has 1 atom stereocenters. The Kier molecular flexibility index (Phi) is 6.82. The molecule has 0 aliphatic carbocycles. The van der Waals surface area contributed by atoms with Crippen LogP contribution in [0.3, 0.4) is 0 Å². The van der Waals surface area contributed by atoms with Gasteiger partial charge in [0.05, 0.1) is 42.5 Å². The van der Waals surface area contributed by atoms with Crippen molar-refractivity contribution in [3.8, 4) is 11.3 Å². The van der Waals surface area contributed by atoms with E-state index >= 15 is 0 Å². The van der Waals surface area contributed by atoms with Crippen LogP contribution in [-0.4, -0.2) is 65.4 Å². The fourth-order valence-electron chi connectivity index (χ4n) is 5.40. The summed E-state index contributed by atoms with van der Waals surface area (Å²) in [5.74, 6) is -0.149. The maximum Gasteiger partial charge on any atom is 0.154 e. The van der Waals surface area contributed by atoms with Gasteiger partial charge in [-0.1, -0.05) is 6.07 Å². The number of nitrogens with one attached hydrogen (secondary N) is 1. The lowest BCUT2D eigenvalue weighted by molar-refractivity contribution is 0.0398. The van der Waals surface area contributed by atoms with E-state index in [0.29, 0.717) is 29.3 Å². The van der Waals surface area contributed by atoms with Crippen molar-refractivity contribution >= 4 is 22.8 Å². The van der Waals surface area contributed by atoms with E-state index in [9.17, 15) is 8.78 Å². The van der Waals surface area contributed by atoms with Crippen LogP contribution in [0.2, 0.25) is 0 Å². The van der Waals surface area contributed by atoms with Crippen LogP contribution < -0.4 is 16.0 Å². The topological polar surface area (TPSA) is 84.0 Å². The molecule has 8 nitrogen and oxygen atoms in total. The van der Waals surface area contributed by atoms with Crippen molar-refractivity contribution in [3.05, 3.63) is 71.9 Å². The monoisotopic (exact) mass is 519 g/mol. The minimum atomic E-state index is -0.440. The van der Waals surface area contributed by atoms with Gasteiger partial charge in [-0.05, 0) is 55.3 Å². The Morgan fingerprint density at radius 1 is 1.03 bits per heavy atom. The summed E-state index contributed by atoms with van der Waals surface area (Å²) in [6.45, 7) is 5.91. The molecule has 4 aromatic rings. The first-order valence-corrected chi connectivity index (χ1v) is 13.1. The summed E-state index contributed by atoms with van der Waals surface area (Å²) in [6.07, 6.45) is 3.38. The van der Waals surface area contributed by atoms with Gasteiger partial charge in [-0.3, -0.25) is 4.90 Å². The fraction of sp³-hybridized carbons (Fsp3) is 0.357. The summed E-state index contributed by atoms with van der Waals surface area (Å²) >= 11 is 0. The molecular formula is C28H31F2N7O. The van der Waals surface area contributed by atoms with E-state index in [1.54, 1.807) is 10.7 Å². The van der Waals surface area contributed by atoms with Crippen LogP contribution in [0.4, 0.5) is 26.0 Å². The number of aromatic nitrogens is 3. The second-order valence-electron chi connectivity index (χ2n) is 9.81. The first-order valence-electron chi connectivity index (χ1n) is 13.1. The smallest absolute Gasteiger partial charge is 0.154 e. The van der Waals surface area contributed by atoms with Crippen molar-refractivity contribution in [2.75, 3.05) is 61.9 Å². The summed E-state index contributed by atoms with van der Waals surface area (Å²) in [6, 6.07) is 13.1. The van der Waals surface area contributed by atoms with Gasteiger partial charge in [-0.2, -0.15) is 0 Å². The molecule has 10 heteroatoms. The molecule has 2 saturated heterocycles. The van der Waals surface area contributed by atoms with Gasteiger partial charge in [0.15, 0.2) is 5.65 Å². The van der Waals surface area contributed by atoms with Gasteiger partial charge >= 0.3 is 0 Å². The lowest BCUT2D eigenvalue weighted by Gasteiger charge is -2.26. The largest absolute Gasteiger partial charge is 0.397 e. The Morgan fingerprint density at radius 3 is 2.74 bits per heavy atom. The highest BCUT2D eigenvalue weighted by Gasteiger charge is 2.30. The minimum absolute atomic E-state index is 0.277. The molecule has 3 N–H and O–H groups in total. The van der Waals surface area contributed by atoms with Gasteiger partial charge in [0.1, 0.15) is 17.5 Å². The second kappa shape index (κ2) is 10.5. The Balaban J connectivity index is 1.23. The number of ether oxygens (including phenoxy) is 1. The Bertz CT molecular complexity index is 1440. The van der Waals surface area contributed by atoms with Crippen LogP contribution in [0.25, 0.3) is 16.9 Å². The van der Waals surface area contributed by atoms with Gasteiger partial charge in [-0.15, -0.1) is 5.10 Å². The van der Waals surface area contributed by atoms with Crippen molar-refractivity contribution in [3.63, 3.8) is 0 Å². The number of rotatable bonds is 7. The first kappa shape index (κ1) is 24.6. The minimum Gasteiger partial charge on any atom is -0.397 e. The molecule has 0 amide bonds. The standard InChI is InChI=1S/C28H31F2N7O/c29-20-4-5-22(30)21(17-20)25-2-1-10-36(25)28-8-7-27-33-18-26(37(27)34-28)19-3-6-24(23(31)16-19)32-9-11-35-12-14-38-15-13-35/h3-8,16-18,25,32H,1-2,9-15,31H2. The molecule has 0 saturated carbocycles. The van der Waals surface area contributed by atoms with Crippen molar-refractivity contribution in [1.29, 1.82) is 0 Å². The molecule has 2 aliphatic rings. The van der Waals surface area contributed by atoms with Gasteiger partial charge in [0.2, 0.25) is 0 Å². The van der Waals surface area contributed by atoms with E-state index in [4.69, 9.17) is 15.6 Å². The van der Waals surface area contributed by atoms with E-state index in [0.717, 1.165) is 75.2 Å². The first-order chi connectivity index (χ1) is 18.6. The zero-order chi connectivity index (χ0) is 26.1. The number of benzene rings is 2. The van der Waals surface area contributed by atoms with E-state index in [2.05, 4.69) is 15.2 Å². The number of nitrogen functional groups attached to an aromatic ring is 1. The zero-order valence-corrected chi connectivity index (χ0v) is 21.1. The molecule has 0 radical (unpaired) electrons. The highest BCUT2D eigenvalue weighted by atomic mass is 19.1. The molecule has 1 unspecified atom stereocenters. The third-order valence-electron chi connectivity index (χ3n) is 7.41. The number of halogens is 2. The van der Waals surface area contributed by atoms with Crippen molar-refractivity contribution < 1.29 is 13.5 Å². The molecule has 2 aromatic carbocycles. The van der Waals surface area contributed by atoms with Crippen molar-refractivity contribution in [2.24, 2.45) is 0 Å². The number of hydrogen-bond donors (Lipinski definition) is 2. The van der Waals surface area contributed by atoms with Crippen LogP contribution in [0.15, 0.2) is 54.7 Å². The molecule has 2 aliphatic heterocycles. The van der Waals surface area contributed by atoms with Crippen LogP contribution in [0.1, 0.15) is 24.4 Å². The molecule has 6 rings (SSSR count). The summed E-state index contributed by atoms with van der Waals surface area (Å²) < 4.78 is 35.7. The third kappa shape index (κ3) is 4.89. The summed E-state index contributed by atoms with van der Waals surface area (Å²) in [4.78, 5) is 8.93. The highest BCUT2D eigenvalue weighted by Crippen LogP contribution is 2.37. The van der Waals surface area contributed by atoms with Crippen molar-refractivity contribution in [2.45, 2.75) is 18.9 Å². The molecule has 4 heterocycles. The molecule has 2 aromatic heterocycles. The normalized spacial score (nSPS) is 18.4. The number of hydrogen-bond acceptors (Lipinski definition) is 7. The highest BCUT2D eigenvalue weighted by molar-refractivity contribution is 5.75. The van der Waals surface area contributed by atoms with Crippen molar-refractivity contribution in [1.82, 2.24) is 19.5 Å². The SMILES string of the molecule is Nc1cc(-c2cnc3ccc(N4CCCC4c4cc(F)ccc4F)nn23)ccc1NCCN1CCOCC1. The fourth-order valence-corrected chi connectivity index (χ4v) is 5.40. The van der Waals surface area contributed by atoms with Crippen LogP contribution in [0, 0.1) is 11.6 Å². The predicted octanol–water partition coefficient (Wildman–Crippen LogP) is 4.34. The summed E-state index contributed by atoms with van der Waals surface area (Å²) in [5, 5.41) is 8.30. The van der Waals surface area contributed by atoms with E-state index in [1.807, 2.05) is 35.2 Å². The molecular weight excluding hydrogens is 488 g/mol. The number of nitrogens with two attached hydrogens (primary N) is 1. The van der Waals surface area contributed by atoms with Crippen LogP contribution in [-0.2, 0) is 4.74 Å². The number of morpholine rings is 1. The molecule has 0 spiro atoms. The maximum absolute atomic E-state index is 14.6. The van der Waals surface area contributed by atoms with Gasteiger partial charge < -0.3 is 20.7 Å². The molecule has 38 heavy (non-hydrogen) atoms. The lowest BCUT2D eigenvalue weighted by Crippen LogP contribution is -2.39. The van der Waals surface area contributed by atoms with Gasteiger partial charge in [-0.25, -0.2) is 18.3 Å². The average Bonchev–Trinajstić information content (AvgIpc) is 3.59. The Hall–Kier alpha value is -3.76. The van der Waals surface area contributed by atoms with Gasteiger partial charge in [0, 0.05) is 43.9 Å². The molecule has 0 bridgehead atoms. The third-order valence-corrected chi connectivity index (χ3v) is 7.41. The van der Waals surface area contributed by atoms with E-state index in [1.165, 1.54) is 12.1 Å². The molecule has 2 fully saturated rings. The Labute approximate surface area is 220 Å². The maximum atomic E-state index is 14.6. The number of fused-ring (bicyclic) bond motifs is 1. The second-order valence-corrected chi connectivity index (χ2v) is 9.81. The van der Waals surface area contributed by atoms with Gasteiger partial charge in [0.25, 0.3) is 0 Å². The number of anilines is 3. The number of nitrogens with zero attached hydrogens (tertiary/aromatic N) is 5. The van der Waals surface area contributed by atoms with Crippen LogP contribution >= 0.6 is 0 Å². The summed E-state index contributed by atoms with van der Waals surface area (Å²) in [7, 11) is 0. The van der Waals surface area contributed by atoms with E-state index in [-0.39, 0.29) is 6.04 Å². The average molecular weight is 520 g/mol. The molecule has 198 valence electrons. The zero-order valence-electron chi connectivity index (χ0n) is 21.1. The number of imidazole rings is 1.